The Balaban J connectivity index is 1.65. The topological polar surface area (TPSA) is 46.1 Å². The van der Waals surface area contributed by atoms with Gasteiger partial charge in [-0.25, -0.2) is 0 Å². The zero-order valence-corrected chi connectivity index (χ0v) is 8.99. The van der Waals surface area contributed by atoms with E-state index in [0.717, 1.165) is 19.4 Å². The van der Waals surface area contributed by atoms with Gasteiger partial charge in [0.1, 0.15) is 0 Å². The van der Waals surface area contributed by atoms with Crippen molar-refractivity contribution in [1.29, 1.82) is 0 Å². The van der Waals surface area contributed by atoms with Crippen LogP contribution in [0.5, 0.6) is 0 Å². The van der Waals surface area contributed by atoms with E-state index in [2.05, 4.69) is 10.6 Å². The third-order valence-corrected chi connectivity index (χ3v) is 2.59. The Kier molecular flexibility index (Phi) is 3.06. The minimum Gasteiger partial charge on any atom is -0.353 e. The standard InChI is InChI=1S/C11H17N3O/c1-14-6-2-3-10(14)7-12-8-11(15)13-9-4-5-9/h2-3,6,9,12H,4-5,7-8H2,1H3,(H,13,15). The van der Waals surface area contributed by atoms with Crippen molar-refractivity contribution >= 4 is 5.91 Å². The fraction of sp³-hybridized carbons (Fsp3) is 0.545. The summed E-state index contributed by atoms with van der Waals surface area (Å²) in [5.74, 6) is 0.103. The second-order valence-electron chi connectivity index (χ2n) is 4.06. The van der Waals surface area contributed by atoms with Crippen molar-refractivity contribution in [2.24, 2.45) is 7.05 Å². The molecule has 1 aromatic rings. The van der Waals surface area contributed by atoms with Gasteiger partial charge in [-0.1, -0.05) is 0 Å². The van der Waals surface area contributed by atoms with Gasteiger partial charge < -0.3 is 15.2 Å². The molecule has 2 rings (SSSR count). The Morgan fingerprint density at radius 3 is 3.00 bits per heavy atom. The molecule has 0 aromatic carbocycles. The first kappa shape index (κ1) is 10.2. The van der Waals surface area contributed by atoms with Crippen LogP contribution < -0.4 is 10.6 Å². The van der Waals surface area contributed by atoms with Crippen molar-refractivity contribution in [1.82, 2.24) is 15.2 Å². The number of nitrogens with one attached hydrogen (secondary N) is 2. The van der Waals surface area contributed by atoms with E-state index in [0.29, 0.717) is 12.6 Å². The summed E-state index contributed by atoms with van der Waals surface area (Å²) >= 11 is 0. The van der Waals surface area contributed by atoms with Crippen LogP contribution in [0.15, 0.2) is 18.3 Å². The highest BCUT2D eigenvalue weighted by molar-refractivity contribution is 5.78. The van der Waals surface area contributed by atoms with Crippen LogP contribution in [0.4, 0.5) is 0 Å². The minimum atomic E-state index is 0.103. The van der Waals surface area contributed by atoms with E-state index < -0.39 is 0 Å². The normalized spacial score (nSPS) is 15.3. The van der Waals surface area contributed by atoms with Crippen LogP contribution in [-0.2, 0) is 18.4 Å². The molecule has 0 spiro atoms. The lowest BCUT2D eigenvalue weighted by atomic mass is 10.4. The maximum absolute atomic E-state index is 11.3. The summed E-state index contributed by atoms with van der Waals surface area (Å²) < 4.78 is 2.05. The number of aryl methyl sites for hydroxylation is 1. The van der Waals surface area contributed by atoms with Crippen LogP contribution in [0.1, 0.15) is 18.5 Å². The van der Waals surface area contributed by atoms with Crippen molar-refractivity contribution in [3.05, 3.63) is 24.0 Å². The molecule has 15 heavy (non-hydrogen) atoms. The van der Waals surface area contributed by atoms with Gasteiger partial charge in [-0.2, -0.15) is 0 Å². The van der Waals surface area contributed by atoms with Crippen LogP contribution in [0.25, 0.3) is 0 Å². The average molecular weight is 207 g/mol. The number of amides is 1. The number of hydrogen-bond donors (Lipinski definition) is 2. The lowest BCUT2D eigenvalue weighted by Gasteiger charge is -2.06. The molecule has 4 nitrogen and oxygen atoms in total. The Bertz CT molecular complexity index is 341. The first-order chi connectivity index (χ1) is 7.25. The largest absolute Gasteiger partial charge is 0.353 e. The fourth-order valence-corrected chi connectivity index (χ4v) is 1.49. The summed E-state index contributed by atoms with van der Waals surface area (Å²) in [6.45, 7) is 1.14. The molecule has 2 N–H and O–H groups in total. The second-order valence-corrected chi connectivity index (χ2v) is 4.06. The molecule has 0 unspecified atom stereocenters. The Hall–Kier alpha value is -1.29. The van der Waals surface area contributed by atoms with Gasteiger partial charge >= 0.3 is 0 Å². The van der Waals surface area contributed by atoms with Crippen LogP contribution in [0, 0.1) is 0 Å². The molecule has 0 radical (unpaired) electrons. The molecule has 1 saturated carbocycles. The molecule has 1 aliphatic carbocycles. The van der Waals surface area contributed by atoms with Gasteiger partial charge in [0.2, 0.25) is 5.91 Å². The highest BCUT2D eigenvalue weighted by Gasteiger charge is 2.22. The van der Waals surface area contributed by atoms with Crippen LogP contribution in [-0.4, -0.2) is 23.1 Å². The first-order valence-electron chi connectivity index (χ1n) is 5.36. The summed E-state index contributed by atoms with van der Waals surface area (Å²) in [7, 11) is 2.00. The van der Waals surface area contributed by atoms with Crippen molar-refractivity contribution in [2.45, 2.75) is 25.4 Å². The fourth-order valence-electron chi connectivity index (χ4n) is 1.49. The lowest BCUT2D eigenvalue weighted by molar-refractivity contribution is -0.120. The highest BCUT2D eigenvalue weighted by Crippen LogP contribution is 2.18. The van der Waals surface area contributed by atoms with E-state index in [9.17, 15) is 4.79 Å². The predicted molar refractivity (Wildman–Crippen MR) is 58.3 cm³/mol. The monoisotopic (exact) mass is 207 g/mol. The molecule has 82 valence electrons. The van der Waals surface area contributed by atoms with Gasteiger partial charge in [-0.15, -0.1) is 0 Å². The Morgan fingerprint density at radius 1 is 1.60 bits per heavy atom. The maximum atomic E-state index is 11.3. The SMILES string of the molecule is Cn1cccc1CNCC(=O)NC1CC1. The van der Waals surface area contributed by atoms with Gasteiger partial charge in [0.15, 0.2) is 0 Å². The Morgan fingerprint density at radius 2 is 2.40 bits per heavy atom. The van der Waals surface area contributed by atoms with E-state index in [-0.39, 0.29) is 5.91 Å². The van der Waals surface area contributed by atoms with Gasteiger partial charge in [0, 0.05) is 31.5 Å². The van der Waals surface area contributed by atoms with Gasteiger partial charge in [-0.05, 0) is 25.0 Å². The summed E-state index contributed by atoms with van der Waals surface area (Å²) in [4.78, 5) is 11.3. The molecule has 1 fully saturated rings. The first-order valence-corrected chi connectivity index (χ1v) is 5.36. The maximum Gasteiger partial charge on any atom is 0.234 e. The third-order valence-electron chi connectivity index (χ3n) is 2.59. The summed E-state index contributed by atoms with van der Waals surface area (Å²) in [6, 6.07) is 4.50. The molecule has 0 saturated heterocycles. The summed E-state index contributed by atoms with van der Waals surface area (Å²) in [5, 5.41) is 6.07. The Labute approximate surface area is 89.7 Å². The van der Waals surface area contributed by atoms with Crippen molar-refractivity contribution in [2.75, 3.05) is 6.54 Å². The molecular formula is C11H17N3O. The molecular weight excluding hydrogens is 190 g/mol. The van der Waals surface area contributed by atoms with E-state index in [1.165, 1.54) is 5.69 Å². The number of carbonyl (C=O) groups is 1. The smallest absolute Gasteiger partial charge is 0.234 e. The van der Waals surface area contributed by atoms with Crippen molar-refractivity contribution in [3.8, 4) is 0 Å². The molecule has 4 heteroatoms. The van der Waals surface area contributed by atoms with E-state index in [1.54, 1.807) is 0 Å². The zero-order chi connectivity index (χ0) is 10.7. The minimum absolute atomic E-state index is 0.103. The summed E-state index contributed by atoms with van der Waals surface area (Å²) in [6.07, 6.45) is 4.29. The molecule has 0 aliphatic heterocycles. The number of nitrogens with zero attached hydrogens (tertiary/aromatic N) is 1. The summed E-state index contributed by atoms with van der Waals surface area (Å²) in [5.41, 5.74) is 1.19. The van der Waals surface area contributed by atoms with Crippen LogP contribution >= 0.6 is 0 Å². The molecule has 0 bridgehead atoms. The lowest BCUT2D eigenvalue weighted by Crippen LogP contribution is -2.35. The number of rotatable bonds is 5. The van der Waals surface area contributed by atoms with Crippen molar-refractivity contribution in [3.63, 3.8) is 0 Å². The second kappa shape index (κ2) is 4.49. The number of hydrogen-bond acceptors (Lipinski definition) is 2. The third kappa shape index (κ3) is 3.09. The van der Waals surface area contributed by atoms with Gasteiger partial charge in [-0.3, -0.25) is 4.79 Å². The zero-order valence-electron chi connectivity index (χ0n) is 8.99. The molecule has 0 atom stereocenters. The average Bonchev–Trinajstić information content (AvgIpc) is 2.91. The molecule has 1 aromatic heterocycles. The molecule has 1 aliphatic rings. The van der Waals surface area contributed by atoms with E-state index >= 15 is 0 Å². The van der Waals surface area contributed by atoms with Gasteiger partial charge in [0.25, 0.3) is 0 Å². The van der Waals surface area contributed by atoms with Crippen LogP contribution in [0.2, 0.25) is 0 Å². The highest BCUT2D eigenvalue weighted by atomic mass is 16.2. The van der Waals surface area contributed by atoms with Gasteiger partial charge in [0.05, 0.1) is 6.54 Å². The van der Waals surface area contributed by atoms with E-state index in [1.807, 2.05) is 29.9 Å². The predicted octanol–water partition coefficient (Wildman–Crippen LogP) is 0.393. The van der Waals surface area contributed by atoms with Crippen LogP contribution in [0.3, 0.4) is 0 Å². The number of carbonyl (C=O) groups excluding carboxylic acids is 1. The quantitative estimate of drug-likeness (QED) is 0.734. The number of aromatic nitrogens is 1. The molecule has 1 heterocycles. The molecule has 1 amide bonds. The van der Waals surface area contributed by atoms with Crippen molar-refractivity contribution < 1.29 is 4.79 Å². The van der Waals surface area contributed by atoms with E-state index in [4.69, 9.17) is 0 Å².